The molecule has 1 atom stereocenters. The predicted octanol–water partition coefficient (Wildman–Crippen LogP) is 1.77. The molecule has 1 saturated heterocycles. The van der Waals surface area contributed by atoms with Crippen LogP contribution in [0.2, 0.25) is 0 Å². The van der Waals surface area contributed by atoms with Crippen molar-refractivity contribution in [3.63, 3.8) is 0 Å². The Balaban J connectivity index is 1.58. The van der Waals surface area contributed by atoms with Gasteiger partial charge in [-0.1, -0.05) is 0 Å². The highest BCUT2D eigenvalue weighted by atomic mass is 32.1. The number of carbonyl (C=O) groups excluding carboxylic acids is 1. The molecule has 5 nitrogen and oxygen atoms in total. The third-order valence-electron chi connectivity index (χ3n) is 3.80. The molecule has 0 radical (unpaired) electrons. The van der Waals surface area contributed by atoms with Crippen LogP contribution in [-0.2, 0) is 4.79 Å². The van der Waals surface area contributed by atoms with Gasteiger partial charge in [-0.15, -0.1) is 0 Å². The summed E-state index contributed by atoms with van der Waals surface area (Å²) in [6.45, 7) is 4.41. The second-order valence-corrected chi connectivity index (χ2v) is 6.33. The van der Waals surface area contributed by atoms with E-state index >= 15 is 0 Å². The van der Waals surface area contributed by atoms with E-state index in [0.717, 1.165) is 30.6 Å². The predicted molar refractivity (Wildman–Crippen MR) is 75.5 cm³/mol. The molecular weight excluding hydrogens is 260 g/mol. The first kappa shape index (κ1) is 12.8. The Bertz CT molecular complexity index is 457. The normalized spacial score (nSPS) is 23.4. The highest BCUT2D eigenvalue weighted by Gasteiger charge is 2.29. The van der Waals surface area contributed by atoms with Crippen LogP contribution < -0.4 is 10.2 Å². The molecule has 1 aliphatic carbocycles. The van der Waals surface area contributed by atoms with Gasteiger partial charge in [0, 0.05) is 44.0 Å². The largest absolute Gasteiger partial charge is 0.356 e. The molecule has 1 saturated carbocycles. The van der Waals surface area contributed by atoms with Crippen LogP contribution in [0.3, 0.4) is 0 Å². The van der Waals surface area contributed by atoms with E-state index in [1.165, 1.54) is 37.2 Å². The van der Waals surface area contributed by atoms with Crippen LogP contribution in [0.1, 0.15) is 44.3 Å². The number of hydrogen-bond donors (Lipinski definition) is 1. The number of aromatic nitrogens is 2. The average Bonchev–Trinajstić information content (AvgIpc) is 3.14. The number of anilines is 1. The van der Waals surface area contributed by atoms with Gasteiger partial charge in [-0.05, 0) is 31.6 Å². The minimum atomic E-state index is 0.0593. The zero-order chi connectivity index (χ0) is 13.2. The van der Waals surface area contributed by atoms with Crippen LogP contribution in [0, 0.1) is 5.92 Å². The molecule has 19 heavy (non-hydrogen) atoms. The summed E-state index contributed by atoms with van der Waals surface area (Å²) in [6, 6.07) is 0. The van der Waals surface area contributed by atoms with E-state index in [2.05, 4.69) is 19.6 Å². The molecule has 0 bridgehead atoms. The summed E-state index contributed by atoms with van der Waals surface area (Å²) in [5.41, 5.74) is 0. The number of piperidine rings is 1. The standard InChI is InChI=1S/C13H20N4OS/c1-9(18)14-7-10-3-2-6-17(8-10)13-15-12(16-19-13)11-4-5-11/h10-11H,2-8H2,1H3,(H,14,18). The Morgan fingerprint density at radius 3 is 3.05 bits per heavy atom. The van der Waals surface area contributed by atoms with Gasteiger partial charge in [0.2, 0.25) is 11.0 Å². The van der Waals surface area contributed by atoms with E-state index in [4.69, 9.17) is 0 Å². The van der Waals surface area contributed by atoms with Crippen molar-refractivity contribution in [2.75, 3.05) is 24.5 Å². The molecule has 1 N–H and O–H groups in total. The molecule has 2 heterocycles. The van der Waals surface area contributed by atoms with Crippen molar-refractivity contribution in [3.8, 4) is 0 Å². The summed E-state index contributed by atoms with van der Waals surface area (Å²) >= 11 is 1.53. The summed E-state index contributed by atoms with van der Waals surface area (Å²) in [7, 11) is 0. The number of nitrogens with one attached hydrogen (secondary N) is 1. The topological polar surface area (TPSA) is 58.1 Å². The summed E-state index contributed by atoms with van der Waals surface area (Å²) in [5.74, 6) is 2.27. The molecule has 1 unspecified atom stereocenters. The molecule has 3 rings (SSSR count). The monoisotopic (exact) mass is 280 g/mol. The van der Waals surface area contributed by atoms with E-state index in [-0.39, 0.29) is 5.91 Å². The number of nitrogens with zero attached hydrogens (tertiary/aromatic N) is 3. The first-order chi connectivity index (χ1) is 9.22. The highest BCUT2D eigenvalue weighted by Crippen LogP contribution is 2.40. The minimum absolute atomic E-state index is 0.0593. The number of amides is 1. The van der Waals surface area contributed by atoms with Gasteiger partial charge in [0.05, 0.1) is 0 Å². The van der Waals surface area contributed by atoms with E-state index in [1.54, 1.807) is 6.92 Å². The van der Waals surface area contributed by atoms with Crippen molar-refractivity contribution < 1.29 is 4.79 Å². The Morgan fingerprint density at radius 2 is 2.32 bits per heavy atom. The molecule has 1 aromatic heterocycles. The average molecular weight is 280 g/mol. The smallest absolute Gasteiger partial charge is 0.216 e. The van der Waals surface area contributed by atoms with Gasteiger partial charge in [0.1, 0.15) is 5.82 Å². The van der Waals surface area contributed by atoms with Crippen molar-refractivity contribution in [1.82, 2.24) is 14.7 Å². The van der Waals surface area contributed by atoms with Crippen LogP contribution in [0.15, 0.2) is 0 Å². The van der Waals surface area contributed by atoms with Crippen molar-refractivity contribution in [2.24, 2.45) is 5.92 Å². The number of rotatable bonds is 4. The van der Waals surface area contributed by atoms with Crippen LogP contribution in [-0.4, -0.2) is 34.9 Å². The Hall–Kier alpha value is -1.17. The molecule has 104 valence electrons. The van der Waals surface area contributed by atoms with Gasteiger partial charge in [-0.3, -0.25) is 4.79 Å². The Morgan fingerprint density at radius 1 is 1.47 bits per heavy atom. The third-order valence-corrected chi connectivity index (χ3v) is 4.59. The fourth-order valence-electron chi connectivity index (χ4n) is 2.56. The maximum atomic E-state index is 11.0. The zero-order valence-corrected chi connectivity index (χ0v) is 12.1. The van der Waals surface area contributed by atoms with Gasteiger partial charge in [0.25, 0.3) is 0 Å². The summed E-state index contributed by atoms with van der Waals surface area (Å²) in [4.78, 5) is 18.0. The van der Waals surface area contributed by atoms with Gasteiger partial charge in [-0.25, -0.2) is 4.98 Å². The number of hydrogen-bond acceptors (Lipinski definition) is 5. The molecule has 1 aliphatic heterocycles. The molecule has 1 amide bonds. The molecule has 1 aromatic rings. The maximum absolute atomic E-state index is 11.0. The van der Waals surface area contributed by atoms with Crippen LogP contribution in [0.4, 0.5) is 5.13 Å². The lowest BCUT2D eigenvalue weighted by Crippen LogP contribution is -2.40. The Labute approximate surface area is 117 Å². The Kier molecular flexibility index (Phi) is 3.68. The van der Waals surface area contributed by atoms with E-state index in [0.29, 0.717) is 11.8 Å². The lowest BCUT2D eigenvalue weighted by molar-refractivity contribution is -0.119. The zero-order valence-electron chi connectivity index (χ0n) is 11.3. The van der Waals surface area contributed by atoms with Gasteiger partial charge in [-0.2, -0.15) is 4.37 Å². The SMILES string of the molecule is CC(=O)NCC1CCCN(c2nc(C3CC3)ns2)C1. The summed E-state index contributed by atoms with van der Waals surface area (Å²) < 4.78 is 4.47. The van der Waals surface area contributed by atoms with Crippen LogP contribution >= 0.6 is 11.5 Å². The second kappa shape index (κ2) is 5.45. The van der Waals surface area contributed by atoms with Gasteiger partial charge >= 0.3 is 0 Å². The molecule has 0 spiro atoms. The van der Waals surface area contributed by atoms with Gasteiger partial charge in [0.15, 0.2) is 0 Å². The minimum Gasteiger partial charge on any atom is -0.356 e. The van der Waals surface area contributed by atoms with Gasteiger partial charge < -0.3 is 10.2 Å². The van der Waals surface area contributed by atoms with Crippen molar-refractivity contribution >= 4 is 22.6 Å². The third kappa shape index (κ3) is 3.23. The maximum Gasteiger partial charge on any atom is 0.216 e. The quantitative estimate of drug-likeness (QED) is 0.913. The second-order valence-electron chi connectivity index (χ2n) is 5.60. The molecular formula is C13H20N4OS. The fourth-order valence-corrected chi connectivity index (χ4v) is 3.34. The summed E-state index contributed by atoms with van der Waals surface area (Å²) in [5, 5.41) is 3.99. The first-order valence-corrected chi connectivity index (χ1v) is 7.82. The summed E-state index contributed by atoms with van der Waals surface area (Å²) in [6.07, 6.45) is 4.86. The van der Waals surface area contributed by atoms with Crippen molar-refractivity contribution in [1.29, 1.82) is 0 Å². The molecule has 6 heteroatoms. The molecule has 2 fully saturated rings. The number of carbonyl (C=O) groups is 1. The fraction of sp³-hybridized carbons (Fsp3) is 0.769. The van der Waals surface area contributed by atoms with Crippen molar-refractivity contribution in [3.05, 3.63) is 5.82 Å². The van der Waals surface area contributed by atoms with Crippen molar-refractivity contribution in [2.45, 2.75) is 38.5 Å². The lowest BCUT2D eigenvalue weighted by atomic mass is 9.98. The van der Waals surface area contributed by atoms with E-state index in [1.807, 2.05) is 0 Å². The lowest BCUT2D eigenvalue weighted by Gasteiger charge is -2.32. The molecule has 0 aromatic carbocycles. The van der Waals surface area contributed by atoms with Crippen LogP contribution in [0.25, 0.3) is 0 Å². The molecule has 2 aliphatic rings. The van der Waals surface area contributed by atoms with E-state index in [9.17, 15) is 4.79 Å². The van der Waals surface area contributed by atoms with E-state index < -0.39 is 0 Å². The highest BCUT2D eigenvalue weighted by molar-refractivity contribution is 7.09. The van der Waals surface area contributed by atoms with Crippen LogP contribution in [0.5, 0.6) is 0 Å². The first-order valence-electron chi connectivity index (χ1n) is 7.05.